The first-order chi connectivity index (χ1) is 20.9. The van der Waals surface area contributed by atoms with Gasteiger partial charge in [0.25, 0.3) is 5.91 Å². The first-order valence-corrected chi connectivity index (χ1v) is 15.0. The molecule has 224 valence electrons. The molecular weight excluding hydrogens is 547 g/mol. The zero-order chi connectivity index (χ0) is 29.9. The highest BCUT2D eigenvalue weighted by atomic mass is 19.1. The van der Waals surface area contributed by atoms with Gasteiger partial charge in [0, 0.05) is 53.7 Å². The van der Waals surface area contributed by atoms with Crippen molar-refractivity contribution in [3.8, 4) is 5.75 Å². The zero-order valence-electron chi connectivity index (χ0n) is 24.6. The van der Waals surface area contributed by atoms with Crippen molar-refractivity contribution < 1.29 is 23.6 Å². The van der Waals surface area contributed by atoms with Gasteiger partial charge in [0.1, 0.15) is 11.6 Å². The molecule has 1 aromatic heterocycles. The zero-order valence-corrected chi connectivity index (χ0v) is 24.6. The van der Waals surface area contributed by atoms with Gasteiger partial charge in [-0.15, -0.1) is 0 Å². The molecule has 1 saturated heterocycles. The summed E-state index contributed by atoms with van der Waals surface area (Å²) in [6.07, 6.45) is 5.59. The molecule has 0 radical (unpaired) electrons. The van der Waals surface area contributed by atoms with Gasteiger partial charge in [-0.25, -0.2) is 9.87 Å². The van der Waals surface area contributed by atoms with Crippen molar-refractivity contribution >= 4 is 17.4 Å². The third kappa shape index (κ3) is 6.68. The van der Waals surface area contributed by atoms with Gasteiger partial charge < -0.3 is 4.74 Å². The topological polar surface area (TPSA) is 93.1 Å². The summed E-state index contributed by atoms with van der Waals surface area (Å²) in [5.41, 5.74) is 8.54. The quantitative estimate of drug-likeness (QED) is 0.246. The number of carbonyl (C=O) groups is 2. The number of hydroxylamine groups is 1. The van der Waals surface area contributed by atoms with Crippen LogP contribution in [0.3, 0.4) is 0 Å². The Morgan fingerprint density at radius 2 is 1.91 bits per heavy atom. The van der Waals surface area contributed by atoms with Crippen molar-refractivity contribution in [3.63, 3.8) is 0 Å². The second-order valence-electron chi connectivity index (χ2n) is 11.9. The van der Waals surface area contributed by atoms with E-state index in [2.05, 4.69) is 10.5 Å². The van der Waals surface area contributed by atoms with Gasteiger partial charge in [0.2, 0.25) is 0 Å². The molecule has 3 heterocycles. The summed E-state index contributed by atoms with van der Waals surface area (Å²) in [6.45, 7) is 3.70. The number of aromatic nitrogens is 1. The Bertz CT molecular complexity index is 1550. The molecule has 0 unspecified atom stereocenters. The number of benzene rings is 2. The molecule has 3 aromatic rings. The lowest BCUT2D eigenvalue weighted by atomic mass is 9.86. The maximum absolute atomic E-state index is 14.9. The number of carbonyl (C=O) groups excluding carboxylic acids is 2. The monoisotopic (exact) mass is 584 g/mol. The van der Waals surface area contributed by atoms with Crippen LogP contribution in [0.1, 0.15) is 70.4 Å². The van der Waals surface area contributed by atoms with Crippen LogP contribution in [0.25, 0.3) is 0 Å². The molecule has 1 N–H and O–H groups in total. The molecule has 8 nitrogen and oxygen atoms in total. The van der Waals surface area contributed by atoms with Crippen molar-refractivity contribution in [2.75, 3.05) is 20.3 Å². The Labute approximate surface area is 251 Å². The third-order valence-corrected chi connectivity index (χ3v) is 8.67. The number of rotatable bonds is 11. The molecule has 0 spiro atoms. The predicted octanol–water partition coefficient (Wildman–Crippen LogP) is 5.20. The lowest BCUT2D eigenvalue weighted by molar-refractivity contribution is -0.141. The minimum Gasteiger partial charge on any atom is -0.496 e. The van der Waals surface area contributed by atoms with E-state index in [0.717, 1.165) is 40.9 Å². The minimum absolute atomic E-state index is 0.00550. The SMILES string of the molecule is COc1cccc(F)c1CN1C[C@H](CC(=O)c2ccc3c(c2)C(c2ccnc(C)c2)=NC3)CC[C@H]1C(=O)NOCC1CC1. The maximum atomic E-state index is 14.9. The summed E-state index contributed by atoms with van der Waals surface area (Å²) >= 11 is 0. The molecule has 3 aliphatic rings. The molecule has 1 aliphatic carbocycles. The smallest absolute Gasteiger partial charge is 0.260 e. The van der Waals surface area contributed by atoms with Gasteiger partial charge in [-0.3, -0.25) is 29.3 Å². The number of methoxy groups -OCH3 is 1. The highest BCUT2D eigenvalue weighted by Crippen LogP contribution is 2.32. The van der Waals surface area contributed by atoms with E-state index >= 15 is 0 Å². The Balaban J connectivity index is 1.17. The number of aliphatic imine (C=N–C) groups is 1. The van der Waals surface area contributed by atoms with Crippen molar-refractivity contribution in [1.29, 1.82) is 0 Å². The molecule has 6 rings (SSSR count). The summed E-state index contributed by atoms with van der Waals surface area (Å²) in [5.74, 6) is 0.368. The lowest BCUT2D eigenvalue weighted by Crippen LogP contribution is -2.51. The molecule has 2 atom stereocenters. The summed E-state index contributed by atoms with van der Waals surface area (Å²) in [7, 11) is 1.51. The van der Waals surface area contributed by atoms with E-state index in [1.165, 1.54) is 13.2 Å². The van der Waals surface area contributed by atoms with Crippen molar-refractivity contribution in [2.45, 2.75) is 58.2 Å². The molecule has 2 aromatic carbocycles. The molecule has 0 bridgehead atoms. The van der Waals surface area contributed by atoms with Crippen LogP contribution in [-0.2, 0) is 22.7 Å². The molecule has 9 heteroatoms. The van der Waals surface area contributed by atoms with Gasteiger partial charge in [0.15, 0.2) is 5.78 Å². The first kappa shape index (κ1) is 29.1. The Hall–Kier alpha value is -3.95. The van der Waals surface area contributed by atoms with Crippen LogP contribution in [0.5, 0.6) is 5.75 Å². The van der Waals surface area contributed by atoms with E-state index in [0.29, 0.717) is 61.8 Å². The number of ketones is 1. The van der Waals surface area contributed by atoms with Gasteiger partial charge >= 0.3 is 0 Å². The van der Waals surface area contributed by atoms with Gasteiger partial charge in [-0.2, -0.15) is 0 Å². The van der Waals surface area contributed by atoms with Crippen LogP contribution in [-0.4, -0.2) is 53.6 Å². The number of amides is 1. The molecule has 43 heavy (non-hydrogen) atoms. The van der Waals surface area contributed by atoms with E-state index in [1.54, 1.807) is 18.3 Å². The second kappa shape index (κ2) is 12.7. The fourth-order valence-corrected chi connectivity index (χ4v) is 6.11. The highest BCUT2D eigenvalue weighted by Gasteiger charge is 2.35. The normalized spacial score (nSPS) is 19.9. The largest absolute Gasteiger partial charge is 0.496 e. The lowest BCUT2D eigenvalue weighted by Gasteiger charge is -2.38. The summed E-state index contributed by atoms with van der Waals surface area (Å²) in [4.78, 5) is 43.3. The minimum atomic E-state index is -0.502. The molecule has 1 amide bonds. The van der Waals surface area contributed by atoms with Crippen LogP contribution in [0, 0.1) is 24.6 Å². The van der Waals surface area contributed by atoms with Crippen molar-refractivity contribution in [3.05, 3.63) is 94.1 Å². The number of nitrogens with one attached hydrogen (secondary N) is 1. The predicted molar refractivity (Wildman–Crippen MR) is 160 cm³/mol. The Morgan fingerprint density at radius 1 is 1.07 bits per heavy atom. The van der Waals surface area contributed by atoms with Crippen molar-refractivity contribution in [1.82, 2.24) is 15.4 Å². The standard InChI is InChI=1S/C34H37FN4O4/c1-21-14-25(12-13-36-21)33-27-16-24(9-10-26(27)17-37-33)31(40)15-23-8-11-30(34(41)38-43-20-22-6-7-22)39(18-23)19-28-29(35)4-3-5-32(28)42-2/h3-5,9-10,12-14,16,22-23,30H,6-8,11,15,17-20H2,1-2H3,(H,38,41)/t23-,30-/m0/s1. The highest BCUT2D eigenvalue weighted by molar-refractivity contribution is 6.16. The molecule has 2 fully saturated rings. The molecule has 1 saturated carbocycles. The number of piperidine rings is 1. The van der Waals surface area contributed by atoms with Crippen LogP contribution in [0.2, 0.25) is 0 Å². The van der Waals surface area contributed by atoms with Gasteiger partial charge in [0.05, 0.1) is 32.0 Å². The average molecular weight is 585 g/mol. The van der Waals surface area contributed by atoms with Gasteiger partial charge in [-0.05, 0) is 80.3 Å². The number of aryl methyl sites for hydroxylation is 1. The van der Waals surface area contributed by atoms with Crippen LogP contribution in [0.15, 0.2) is 59.7 Å². The number of hydrogen-bond donors (Lipinski definition) is 1. The number of Topliss-reactive ketones (excluding diaryl/α,β-unsaturated/α-hetero) is 1. The van der Waals surface area contributed by atoms with Crippen LogP contribution < -0.4 is 10.2 Å². The van der Waals surface area contributed by atoms with E-state index in [9.17, 15) is 14.0 Å². The van der Waals surface area contributed by atoms with Crippen molar-refractivity contribution in [2.24, 2.45) is 16.8 Å². The summed E-state index contributed by atoms with van der Waals surface area (Å²) < 4.78 is 20.4. The van der Waals surface area contributed by atoms with E-state index < -0.39 is 6.04 Å². The van der Waals surface area contributed by atoms with Gasteiger partial charge in [-0.1, -0.05) is 18.2 Å². The number of pyridine rings is 1. The molecule has 2 aliphatic heterocycles. The number of fused-ring (bicyclic) bond motifs is 1. The maximum Gasteiger partial charge on any atom is 0.260 e. The summed E-state index contributed by atoms with van der Waals surface area (Å²) in [6, 6.07) is 14.0. The fraction of sp³-hybridized carbons (Fsp3) is 0.412. The number of halogens is 1. The number of likely N-dealkylation sites (tertiary alicyclic amines) is 1. The fourth-order valence-electron chi connectivity index (χ4n) is 6.11. The second-order valence-corrected chi connectivity index (χ2v) is 11.9. The third-order valence-electron chi connectivity index (χ3n) is 8.67. The Morgan fingerprint density at radius 3 is 2.70 bits per heavy atom. The average Bonchev–Trinajstić information content (AvgIpc) is 3.73. The van der Waals surface area contributed by atoms with Crippen LogP contribution in [0.4, 0.5) is 4.39 Å². The number of ether oxygens (including phenoxy) is 1. The number of nitrogens with zero attached hydrogens (tertiary/aromatic N) is 3. The Kier molecular flexibility index (Phi) is 8.63. The summed E-state index contributed by atoms with van der Waals surface area (Å²) in [5, 5.41) is 0. The van der Waals surface area contributed by atoms with E-state index in [1.807, 2.05) is 42.2 Å². The van der Waals surface area contributed by atoms with Crippen LogP contribution >= 0.6 is 0 Å². The van der Waals surface area contributed by atoms with E-state index in [-0.39, 0.29) is 30.0 Å². The number of hydrogen-bond acceptors (Lipinski definition) is 7. The molecular formula is C34H37FN4O4. The van der Waals surface area contributed by atoms with E-state index in [4.69, 9.17) is 14.6 Å². The first-order valence-electron chi connectivity index (χ1n) is 15.0.